The Labute approximate surface area is 138 Å². The van der Waals surface area contributed by atoms with Gasteiger partial charge in [0.15, 0.2) is 0 Å². The number of aromatic nitrogens is 1. The van der Waals surface area contributed by atoms with E-state index in [-0.39, 0.29) is 18.1 Å². The number of rotatable bonds is 3. The molecule has 0 bridgehead atoms. The van der Waals surface area contributed by atoms with Crippen LogP contribution in [-0.4, -0.2) is 17.1 Å². The minimum absolute atomic E-state index is 0.114. The summed E-state index contributed by atoms with van der Waals surface area (Å²) in [5.41, 5.74) is 7.69. The molecule has 3 N–H and O–H groups in total. The lowest BCUT2D eigenvalue weighted by atomic mass is 10.1. The average molecular weight is 337 g/mol. The van der Waals surface area contributed by atoms with E-state index in [1.54, 1.807) is 30.6 Å². The highest BCUT2D eigenvalue weighted by Crippen LogP contribution is 2.23. The van der Waals surface area contributed by atoms with Crippen molar-refractivity contribution in [3.63, 3.8) is 0 Å². The Bertz CT molecular complexity index is 680. The van der Waals surface area contributed by atoms with Crippen molar-refractivity contribution in [3.8, 4) is 0 Å². The molecule has 3 rings (SSSR count). The third-order valence-electron chi connectivity index (χ3n) is 3.49. The number of halogens is 2. The fourth-order valence-electron chi connectivity index (χ4n) is 2.37. The van der Waals surface area contributed by atoms with Crippen LogP contribution in [0, 0.1) is 0 Å². The molecule has 1 amide bonds. The number of hydrazine groups is 1. The first-order valence-corrected chi connectivity index (χ1v) is 7.56. The van der Waals surface area contributed by atoms with Gasteiger partial charge in [0.1, 0.15) is 0 Å². The molecule has 1 aliphatic heterocycles. The number of hydrogen-bond donors (Lipinski definition) is 3. The summed E-state index contributed by atoms with van der Waals surface area (Å²) in [7, 11) is 0. The van der Waals surface area contributed by atoms with Gasteiger partial charge in [-0.15, -0.1) is 0 Å². The van der Waals surface area contributed by atoms with Crippen LogP contribution in [0.5, 0.6) is 0 Å². The monoisotopic (exact) mass is 336 g/mol. The van der Waals surface area contributed by atoms with Gasteiger partial charge in [0.05, 0.1) is 16.8 Å². The molecule has 0 radical (unpaired) electrons. The number of amides is 1. The zero-order chi connectivity index (χ0) is 15.5. The minimum atomic E-state index is -0.262. The first-order chi connectivity index (χ1) is 10.6. The normalized spacial score (nSPS) is 20.8. The topological polar surface area (TPSA) is 66.0 Å². The van der Waals surface area contributed by atoms with Crippen molar-refractivity contribution < 1.29 is 4.79 Å². The maximum absolute atomic E-state index is 12.3. The minimum Gasteiger partial charge on any atom is -0.335 e. The van der Waals surface area contributed by atoms with E-state index in [1.807, 2.05) is 12.1 Å². The predicted octanol–water partition coefficient (Wildman–Crippen LogP) is 2.68. The van der Waals surface area contributed by atoms with Crippen molar-refractivity contribution in [2.24, 2.45) is 0 Å². The number of carbonyl (C=O) groups excluding carboxylic acids is 1. The fourth-order valence-corrected chi connectivity index (χ4v) is 2.75. The highest BCUT2D eigenvalue weighted by Gasteiger charge is 2.26. The van der Waals surface area contributed by atoms with Gasteiger partial charge in [-0.2, -0.15) is 0 Å². The van der Waals surface area contributed by atoms with E-state index in [2.05, 4.69) is 21.2 Å². The van der Waals surface area contributed by atoms with E-state index in [4.69, 9.17) is 23.2 Å². The zero-order valence-corrected chi connectivity index (χ0v) is 13.0. The second-order valence-electron chi connectivity index (χ2n) is 5.01. The Morgan fingerprint density at radius 1 is 1.18 bits per heavy atom. The molecule has 1 fully saturated rings. The second kappa shape index (κ2) is 6.62. The van der Waals surface area contributed by atoms with Crippen LogP contribution in [0.25, 0.3) is 0 Å². The number of nitrogens with one attached hydrogen (secondary N) is 3. The molecule has 1 aliphatic rings. The smallest absolute Gasteiger partial charge is 0.254 e. The molecule has 0 saturated carbocycles. The van der Waals surface area contributed by atoms with E-state index >= 15 is 0 Å². The van der Waals surface area contributed by atoms with Crippen LogP contribution in [0.4, 0.5) is 0 Å². The Morgan fingerprint density at radius 2 is 1.95 bits per heavy atom. The molecule has 2 unspecified atom stereocenters. The average Bonchev–Trinajstić information content (AvgIpc) is 2.99. The Balaban J connectivity index is 1.65. The van der Waals surface area contributed by atoms with Gasteiger partial charge in [0.25, 0.3) is 5.91 Å². The van der Waals surface area contributed by atoms with E-state index < -0.39 is 0 Å². The Morgan fingerprint density at radius 3 is 2.73 bits per heavy atom. The molecule has 0 spiro atoms. The number of carbonyl (C=O) groups is 1. The summed E-state index contributed by atoms with van der Waals surface area (Å²) in [6, 6.07) is 8.81. The molecule has 2 aromatic rings. The molecule has 22 heavy (non-hydrogen) atoms. The summed E-state index contributed by atoms with van der Waals surface area (Å²) < 4.78 is 0. The first-order valence-electron chi connectivity index (χ1n) is 6.80. The quantitative estimate of drug-likeness (QED) is 0.806. The summed E-state index contributed by atoms with van der Waals surface area (Å²) in [4.78, 5) is 16.3. The predicted molar refractivity (Wildman–Crippen MR) is 85.6 cm³/mol. The molecule has 0 aliphatic carbocycles. The van der Waals surface area contributed by atoms with Crippen molar-refractivity contribution >= 4 is 29.1 Å². The number of nitrogens with zero attached hydrogens (tertiary/aromatic N) is 1. The highest BCUT2D eigenvalue weighted by molar-refractivity contribution is 6.35. The first kappa shape index (κ1) is 15.2. The molecular weight excluding hydrogens is 323 g/mol. The molecule has 7 heteroatoms. The van der Waals surface area contributed by atoms with Crippen molar-refractivity contribution in [1.82, 2.24) is 21.2 Å². The standard InChI is InChI=1S/C15H14Cl2N4O/c16-10-1-2-12(17)11(7-10)15(22)19-14-8-13(20-21-14)9-3-5-18-6-4-9/h1-7,13-14,20-21H,8H2,(H,19,22). The summed E-state index contributed by atoms with van der Waals surface area (Å²) in [5.74, 6) is -0.262. The number of pyridine rings is 1. The van der Waals surface area contributed by atoms with Gasteiger partial charge in [-0.1, -0.05) is 23.2 Å². The van der Waals surface area contributed by atoms with E-state index in [9.17, 15) is 4.79 Å². The maximum Gasteiger partial charge on any atom is 0.254 e. The largest absolute Gasteiger partial charge is 0.335 e. The second-order valence-corrected chi connectivity index (χ2v) is 5.85. The SMILES string of the molecule is O=C(NC1CC(c2ccncc2)NN1)c1cc(Cl)ccc1Cl. The van der Waals surface area contributed by atoms with Gasteiger partial charge in [-0.05, 0) is 35.9 Å². The van der Waals surface area contributed by atoms with Crippen LogP contribution in [0.15, 0.2) is 42.7 Å². The Kier molecular flexibility index (Phi) is 4.59. The molecule has 2 heterocycles. The maximum atomic E-state index is 12.3. The molecule has 5 nitrogen and oxygen atoms in total. The number of hydrogen-bond acceptors (Lipinski definition) is 4. The number of benzene rings is 1. The van der Waals surface area contributed by atoms with Gasteiger partial charge in [-0.25, -0.2) is 10.9 Å². The van der Waals surface area contributed by atoms with E-state index in [0.29, 0.717) is 22.0 Å². The summed E-state index contributed by atoms with van der Waals surface area (Å²) in [6.45, 7) is 0. The van der Waals surface area contributed by atoms with Gasteiger partial charge in [0, 0.05) is 29.9 Å². The molecule has 1 saturated heterocycles. The van der Waals surface area contributed by atoms with Crippen LogP contribution >= 0.6 is 23.2 Å². The summed E-state index contributed by atoms with van der Waals surface area (Å²) >= 11 is 11.9. The Hall–Kier alpha value is -1.66. The fraction of sp³-hybridized carbons (Fsp3) is 0.200. The van der Waals surface area contributed by atoms with Crippen molar-refractivity contribution in [2.75, 3.05) is 0 Å². The van der Waals surface area contributed by atoms with Crippen molar-refractivity contribution in [1.29, 1.82) is 0 Å². The third-order valence-corrected chi connectivity index (χ3v) is 4.05. The summed E-state index contributed by atoms with van der Waals surface area (Å²) in [6.07, 6.45) is 4.01. The molecule has 1 aromatic heterocycles. The molecule has 114 valence electrons. The molecule has 2 atom stereocenters. The lowest BCUT2D eigenvalue weighted by Gasteiger charge is -2.13. The van der Waals surface area contributed by atoms with Crippen LogP contribution in [0.1, 0.15) is 28.4 Å². The van der Waals surface area contributed by atoms with Crippen LogP contribution in [0.2, 0.25) is 10.0 Å². The lowest BCUT2D eigenvalue weighted by molar-refractivity contribution is 0.0932. The zero-order valence-electron chi connectivity index (χ0n) is 11.5. The third kappa shape index (κ3) is 3.39. The molecule has 1 aromatic carbocycles. The van der Waals surface area contributed by atoms with Crippen molar-refractivity contribution in [3.05, 3.63) is 63.9 Å². The summed E-state index contributed by atoms with van der Waals surface area (Å²) in [5, 5.41) is 3.74. The van der Waals surface area contributed by atoms with Crippen molar-refractivity contribution in [2.45, 2.75) is 18.6 Å². The highest BCUT2D eigenvalue weighted by atomic mass is 35.5. The van der Waals surface area contributed by atoms with Gasteiger partial charge in [-0.3, -0.25) is 9.78 Å². The molecular formula is C15H14Cl2N4O. The lowest BCUT2D eigenvalue weighted by Crippen LogP contribution is -2.44. The van der Waals surface area contributed by atoms with Gasteiger partial charge < -0.3 is 5.32 Å². The van der Waals surface area contributed by atoms with Gasteiger partial charge in [0.2, 0.25) is 0 Å². The van der Waals surface area contributed by atoms with Crippen LogP contribution in [0.3, 0.4) is 0 Å². The van der Waals surface area contributed by atoms with E-state index in [0.717, 1.165) is 5.56 Å². The van der Waals surface area contributed by atoms with Crippen LogP contribution < -0.4 is 16.2 Å². The van der Waals surface area contributed by atoms with Gasteiger partial charge >= 0.3 is 0 Å². The van der Waals surface area contributed by atoms with Crippen LogP contribution in [-0.2, 0) is 0 Å². The van der Waals surface area contributed by atoms with E-state index in [1.165, 1.54) is 0 Å².